The van der Waals surface area contributed by atoms with E-state index in [2.05, 4.69) is 13.0 Å². The smallest absolute Gasteiger partial charge is 0.490 e. The molecule has 330 valence electrons. The van der Waals surface area contributed by atoms with Crippen molar-refractivity contribution < 1.29 is 71.1 Å². The molecule has 0 N–H and O–H groups in total. The first-order chi connectivity index (χ1) is 27.9. The topological polar surface area (TPSA) is 27.7 Å². The van der Waals surface area contributed by atoms with E-state index >= 15 is 0 Å². The summed E-state index contributed by atoms with van der Waals surface area (Å²) in [5.41, 5.74) is -3.26. The number of alkyl halides is 12. The Morgan fingerprint density at radius 2 is 0.883 bits per heavy atom. The van der Waals surface area contributed by atoms with E-state index in [9.17, 15) is 52.7 Å². The lowest BCUT2D eigenvalue weighted by atomic mass is 9.94. The summed E-state index contributed by atoms with van der Waals surface area (Å²) in [5.74, 6) is -0.349. The zero-order chi connectivity index (χ0) is 44.8. The summed E-state index contributed by atoms with van der Waals surface area (Å²) in [7, 11) is 3.71. The maximum atomic E-state index is 14.0. The van der Waals surface area contributed by atoms with Crippen molar-refractivity contribution in [3.8, 4) is 17.2 Å². The maximum absolute atomic E-state index is 14.0. The Kier molecular flexibility index (Phi) is 18.1. The van der Waals surface area contributed by atoms with Gasteiger partial charge in [0.05, 0.1) is 43.4 Å². The van der Waals surface area contributed by atoms with Crippen LogP contribution in [0.3, 0.4) is 0 Å². The molecule has 0 aliphatic rings. The normalized spacial score (nSPS) is 12.9. The van der Waals surface area contributed by atoms with Gasteiger partial charge in [-0.1, -0.05) is 63.9 Å². The standard InChI is InChI=1S/C36H44BF9NO3.C7H4F3/c1-5-6-7-8-9-10-11-12-13-14-32(47(2,3)4)31-25-28(36(44,45)46)19-24-33(31)50-37(48-29-20-15-26(16-21-29)34(38,39)40)49-30-22-17-27(18-23-30)35(41,42)43;8-7(9,10)6-4-2-1-3-5-6/h15-25,32H,5-14H2,1-4H3;2-5H/q+1;-1. The van der Waals surface area contributed by atoms with Crippen LogP contribution in [0.4, 0.5) is 52.7 Å². The molecule has 4 aromatic rings. The number of quaternary nitrogens is 1. The number of hydrogen-bond acceptors (Lipinski definition) is 3. The predicted molar refractivity (Wildman–Crippen MR) is 205 cm³/mol. The summed E-state index contributed by atoms with van der Waals surface area (Å²) in [6, 6.07) is 16.5. The lowest BCUT2D eigenvalue weighted by Gasteiger charge is -2.36. The largest absolute Gasteiger partial charge is 0.864 e. The van der Waals surface area contributed by atoms with Crippen molar-refractivity contribution in [3.63, 3.8) is 0 Å². The van der Waals surface area contributed by atoms with Gasteiger partial charge in [-0.3, -0.25) is 0 Å². The molecule has 0 aliphatic carbocycles. The Labute approximate surface area is 343 Å². The Morgan fingerprint density at radius 3 is 1.27 bits per heavy atom. The number of rotatable bonds is 18. The van der Waals surface area contributed by atoms with Crippen molar-refractivity contribution in [1.82, 2.24) is 0 Å². The minimum Gasteiger partial charge on any atom is -0.490 e. The van der Waals surface area contributed by atoms with Gasteiger partial charge in [-0.25, -0.2) is 0 Å². The molecule has 0 saturated heterocycles. The quantitative estimate of drug-likeness (QED) is 0.0328. The molecule has 0 heterocycles. The number of halogens is 12. The molecule has 1 atom stereocenters. The zero-order valence-corrected chi connectivity index (χ0v) is 33.6. The van der Waals surface area contributed by atoms with Gasteiger partial charge in [-0.15, -0.1) is 0 Å². The fourth-order valence-corrected chi connectivity index (χ4v) is 6.12. The minimum atomic E-state index is -4.67. The number of unbranched alkanes of at least 4 members (excludes halogenated alkanes) is 8. The van der Waals surface area contributed by atoms with Crippen molar-refractivity contribution in [3.05, 3.63) is 125 Å². The molecule has 4 rings (SSSR count). The molecule has 0 fully saturated rings. The van der Waals surface area contributed by atoms with Crippen LogP contribution in [-0.4, -0.2) is 32.9 Å². The summed E-state index contributed by atoms with van der Waals surface area (Å²) in [6.07, 6.45) is -8.09. The van der Waals surface area contributed by atoms with Crippen molar-refractivity contribution in [1.29, 1.82) is 0 Å². The summed E-state index contributed by atoms with van der Waals surface area (Å²) in [4.78, 5) is 0. The summed E-state index contributed by atoms with van der Waals surface area (Å²) in [5, 5.41) is 0. The van der Waals surface area contributed by atoms with Gasteiger partial charge in [0.25, 0.3) is 0 Å². The average Bonchev–Trinajstić information content (AvgIpc) is 3.15. The molecule has 0 aliphatic heterocycles. The van der Waals surface area contributed by atoms with Gasteiger partial charge < -0.3 is 18.4 Å². The van der Waals surface area contributed by atoms with Crippen molar-refractivity contribution in [2.24, 2.45) is 0 Å². The Bertz CT molecular complexity index is 1780. The van der Waals surface area contributed by atoms with Crippen molar-refractivity contribution in [2.75, 3.05) is 21.1 Å². The third kappa shape index (κ3) is 16.8. The Balaban J connectivity index is 0.000000837. The van der Waals surface area contributed by atoms with Crippen LogP contribution in [0.15, 0.2) is 91.0 Å². The fraction of sp³-hybridized carbons (Fsp3) is 0.442. The van der Waals surface area contributed by atoms with E-state index in [0.717, 1.165) is 117 Å². The molecule has 60 heavy (non-hydrogen) atoms. The first kappa shape index (κ1) is 49.8. The van der Waals surface area contributed by atoms with E-state index in [1.807, 2.05) is 21.1 Å². The lowest BCUT2D eigenvalue weighted by Crippen LogP contribution is -2.41. The van der Waals surface area contributed by atoms with Gasteiger partial charge in [0, 0.05) is 6.42 Å². The van der Waals surface area contributed by atoms with Crippen LogP contribution in [0.1, 0.15) is 105 Å². The first-order valence-electron chi connectivity index (χ1n) is 19.3. The van der Waals surface area contributed by atoms with Gasteiger partial charge in [-0.05, 0) is 73.2 Å². The summed E-state index contributed by atoms with van der Waals surface area (Å²) < 4.78 is 174. The minimum absolute atomic E-state index is 0.0456. The van der Waals surface area contributed by atoms with E-state index in [4.69, 9.17) is 14.0 Å². The van der Waals surface area contributed by atoms with Crippen molar-refractivity contribution in [2.45, 2.75) is 102 Å². The SMILES string of the molecule is CCCCCCCCCCCC(c1cc(C(F)(F)F)ccc1OB(Oc1ccc(C(F)(F)F)cc1)Oc1ccc(C(F)(F)F)cc1)[N+](C)(C)C.FC(F)(F)c1cc[c-]cc1. The Hall–Kier alpha value is -4.54. The fourth-order valence-electron chi connectivity index (χ4n) is 6.12. The van der Waals surface area contributed by atoms with Gasteiger partial charge in [0.2, 0.25) is 0 Å². The van der Waals surface area contributed by atoms with Crippen molar-refractivity contribution >= 4 is 7.32 Å². The number of benzene rings is 4. The number of nitrogens with zero attached hydrogens (tertiary/aromatic N) is 1. The van der Waals surface area contributed by atoms with Crippen LogP contribution in [0.5, 0.6) is 17.2 Å². The van der Waals surface area contributed by atoms with Gasteiger partial charge in [0.1, 0.15) is 23.3 Å². The second kappa shape index (κ2) is 21.8. The van der Waals surface area contributed by atoms with Crippen LogP contribution in [0, 0.1) is 6.07 Å². The van der Waals surface area contributed by atoms with Crippen LogP contribution in [-0.2, 0) is 24.7 Å². The first-order valence-corrected chi connectivity index (χ1v) is 19.3. The van der Waals surface area contributed by atoms with Gasteiger partial charge >= 0.3 is 32.0 Å². The average molecular weight is 866 g/mol. The highest BCUT2D eigenvalue weighted by molar-refractivity contribution is 6.39. The molecule has 1 unspecified atom stereocenters. The highest BCUT2D eigenvalue weighted by Gasteiger charge is 2.39. The molecule has 0 aromatic heterocycles. The Morgan fingerprint density at radius 1 is 0.500 bits per heavy atom. The highest BCUT2D eigenvalue weighted by atomic mass is 19.4. The molecule has 4 aromatic carbocycles. The molecular formula is C43H48BF12NO3. The second-order valence-electron chi connectivity index (χ2n) is 15.0. The van der Waals surface area contributed by atoms with E-state index in [1.165, 1.54) is 31.4 Å². The molecule has 4 nitrogen and oxygen atoms in total. The zero-order valence-electron chi connectivity index (χ0n) is 33.6. The maximum Gasteiger partial charge on any atom is 0.864 e. The highest BCUT2D eigenvalue weighted by Crippen LogP contribution is 2.41. The molecule has 0 radical (unpaired) electrons. The lowest BCUT2D eigenvalue weighted by molar-refractivity contribution is -0.902. The van der Waals surface area contributed by atoms with Crippen LogP contribution >= 0.6 is 0 Å². The molecule has 0 bridgehead atoms. The van der Waals surface area contributed by atoms with Crippen LogP contribution < -0.4 is 14.0 Å². The summed E-state index contributed by atoms with van der Waals surface area (Å²) >= 11 is 0. The third-order valence-electron chi connectivity index (χ3n) is 9.31. The van der Waals surface area contributed by atoms with E-state index in [0.29, 0.717) is 6.42 Å². The molecule has 0 amide bonds. The van der Waals surface area contributed by atoms with E-state index in [1.54, 1.807) is 0 Å². The van der Waals surface area contributed by atoms with E-state index < -0.39 is 60.3 Å². The predicted octanol–water partition coefficient (Wildman–Crippen LogP) is 14.4. The van der Waals surface area contributed by atoms with Gasteiger partial charge in [-0.2, -0.15) is 83.0 Å². The monoisotopic (exact) mass is 865 g/mol. The molecule has 0 spiro atoms. The molecular weight excluding hydrogens is 817 g/mol. The number of hydrogen-bond donors (Lipinski definition) is 0. The molecule has 0 saturated carbocycles. The molecule has 17 heteroatoms. The van der Waals surface area contributed by atoms with E-state index in [-0.39, 0.29) is 27.3 Å². The second-order valence-corrected chi connectivity index (χ2v) is 15.0. The van der Waals surface area contributed by atoms with Gasteiger partial charge in [0.15, 0.2) is 0 Å². The van der Waals surface area contributed by atoms with Crippen LogP contribution in [0.2, 0.25) is 0 Å². The van der Waals surface area contributed by atoms with Crippen LogP contribution in [0.25, 0.3) is 0 Å². The summed E-state index contributed by atoms with van der Waals surface area (Å²) in [6.45, 7) is 2.16. The third-order valence-corrected chi connectivity index (χ3v) is 9.31.